The molecular weight excluding hydrogens is 138 g/mol. The standard InChI is InChI=1S/C9H19NO/c1-2-5-9(8-11)6-3-4-7-10/h2,9,11H,1,3-8,10H2. The lowest BCUT2D eigenvalue weighted by atomic mass is 9.99. The van der Waals surface area contributed by atoms with E-state index in [1.54, 1.807) is 0 Å². The van der Waals surface area contributed by atoms with E-state index in [4.69, 9.17) is 10.8 Å². The fourth-order valence-corrected chi connectivity index (χ4v) is 1.10. The summed E-state index contributed by atoms with van der Waals surface area (Å²) in [6, 6.07) is 0. The van der Waals surface area contributed by atoms with Crippen molar-refractivity contribution < 1.29 is 5.11 Å². The Bertz CT molecular complexity index is 93.6. The number of rotatable bonds is 7. The van der Waals surface area contributed by atoms with Gasteiger partial charge >= 0.3 is 0 Å². The second kappa shape index (κ2) is 7.76. The summed E-state index contributed by atoms with van der Waals surface area (Å²) < 4.78 is 0. The van der Waals surface area contributed by atoms with Crippen LogP contribution in [0, 0.1) is 5.92 Å². The first-order valence-electron chi connectivity index (χ1n) is 4.27. The molecule has 0 aromatic carbocycles. The number of unbranched alkanes of at least 4 members (excludes halogenated alkanes) is 1. The highest BCUT2D eigenvalue weighted by molar-refractivity contribution is 4.72. The lowest BCUT2D eigenvalue weighted by molar-refractivity contribution is 0.217. The second-order valence-electron chi connectivity index (χ2n) is 2.86. The molecule has 2 heteroatoms. The Balaban J connectivity index is 3.27. The molecule has 0 heterocycles. The van der Waals surface area contributed by atoms with Crippen molar-refractivity contribution >= 4 is 0 Å². The number of hydrogen-bond acceptors (Lipinski definition) is 2. The van der Waals surface area contributed by atoms with Crippen LogP contribution in [0.25, 0.3) is 0 Å². The summed E-state index contributed by atoms with van der Waals surface area (Å²) >= 11 is 0. The molecule has 1 unspecified atom stereocenters. The van der Waals surface area contributed by atoms with Gasteiger partial charge in [0, 0.05) is 6.61 Å². The van der Waals surface area contributed by atoms with Gasteiger partial charge in [-0.25, -0.2) is 0 Å². The van der Waals surface area contributed by atoms with Crippen LogP contribution in [0.5, 0.6) is 0 Å². The van der Waals surface area contributed by atoms with Crippen molar-refractivity contribution in [3.05, 3.63) is 12.7 Å². The molecule has 1 atom stereocenters. The topological polar surface area (TPSA) is 46.2 Å². The summed E-state index contributed by atoms with van der Waals surface area (Å²) in [6.45, 7) is 4.67. The third kappa shape index (κ3) is 6.07. The van der Waals surface area contributed by atoms with Crippen LogP contribution in [-0.4, -0.2) is 18.3 Å². The molecule has 2 nitrogen and oxygen atoms in total. The molecule has 0 radical (unpaired) electrons. The summed E-state index contributed by atoms with van der Waals surface area (Å²) in [5.41, 5.74) is 5.35. The van der Waals surface area contributed by atoms with Crippen LogP contribution < -0.4 is 5.73 Å². The van der Waals surface area contributed by atoms with Crippen LogP contribution in [0.15, 0.2) is 12.7 Å². The Hall–Kier alpha value is -0.340. The van der Waals surface area contributed by atoms with Gasteiger partial charge in [0.2, 0.25) is 0 Å². The molecule has 0 aliphatic rings. The van der Waals surface area contributed by atoms with E-state index in [9.17, 15) is 0 Å². The zero-order valence-corrected chi connectivity index (χ0v) is 7.13. The van der Waals surface area contributed by atoms with Crippen LogP contribution in [0.2, 0.25) is 0 Å². The van der Waals surface area contributed by atoms with Gasteiger partial charge < -0.3 is 10.8 Å². The van der Waals surface area contributed by atoms with Gasteiger partial charge in [-0.15, -0.1) is 6.58 Å². The Morgan fingerprint density at radius 3 is 2.64 bits per heavy atom. The molecule has 0 aliphatic heterocycles. The molecule has 0 aliphatic carbocycles. The third-order valence-electron chi connectivity index (χ3n) is 1.82. The van der Waals surface area contributed by atoms with Crippen LogP contribution in [0.4, 0.5) is 0 Å². The van der Waals surface area contributed by atoms with Gasteiger partial charge in [0.05, 0.1) is 0 Å². The molecule has 0 bridgehead atoms. The van der Waals surface area contributed by atoms with Gasteiger partial charge in [0.1, 0.15) is 0 Å². The van der Waals surface area contributed by atoms with Crippen molar-refractivity contribution in [2.24, 2.45) is 11.7 Å². The van der Waals surface area contributed by atoms with Gasteiger partial charge in [-0.1, -0.05) is 12.5 Å². The van der Waals surface area contributed by atoms with Crippen molar-refractivity contribution in [1.82, 2.24) is 0 Å². The van der Waals surface area contributed by atoms with E-state index in [1.807, 2.05) is 6.08 Å². The first-order valence-corrected chi connectivity index (χ1v) is 4.27. The van der Waals surface area contributed by atoms with Crippen LogP contribution in [-0.2, 0) is 0 Å². The van der Waals surface area contributed by atoms with E-state index in [0.29, 0.717) is 5.92 Å². The third-order valence-corrected chi connectivity index (χ3v) is 1.82. The summed E-state index contributed by atoms with van der Waals surface area (Å²) in [5, 5.41) is 8.88. The molecular formula is C9H19NO. The van der Waals surface area contributed by atoms with Crippen LogP contribution >= 0.6 is 0 Å². The fourth-order valence-electron chi connectivity index (χ4n) is 1.10. The van der Waals surface area contributed by atoms with Gasteiger partial charge in [-0.05, 0) is 31.7 Å². The predicted molar refractivity (Wildman–Crippen MR) is 48.3 cm³/mol. The highest BCUT2D eigenvalue weighted by Gasteiger charge is 2.03. The molecule has 0 saturated heterocycles. The Labute approximate surface area is 69.1 Å². The Morgan fingerprint density at radius 1 is 1.45 bits per heavy atom. The molecule has 0 spiro atoms. The minimum Gasteiger partial charge on any atom is -0.396 e. The maximum atomic E-state index is 8.88. The average Bonchev–Trinajstić information content (AvgIpc) is 2.03. The van der Waals surface area contributed by atoms with Crippen molar-refractivity contribution in [3.8, 4) is 0 Å². The van der Waals surface area contributed by atoms with Crippen molar-refractivity contribution in [2.75, 3.05) is 13.2 Å². The second-order valence-corrected chi connectivity index (χ2v) is 2.86. The summed E-state index contributed by atoms with van der Waals surface area (Å²) in [5.74, 6) is 0.402. The van der Waals surface area contributed by atoms with E-state index in [-0.39, 0.29) is 6.61 Å². The molecule has 66 valence electrons. The molecule has 0 fully saturated rings. The summed E-state index contributed by atoms with van der Waals surface area (Å²) in [7, 11) is 0. The first-order chi connectivity index (χ1) is 5.35. The Morgan fingerprint density at radius 2 is 2.18 bits per heavy atom. The molecule has 0 aromatic rings. The molecule has 0 amide bonds. The largest absolute Gasteiger partial charge is 0.396 e. The van der Waals surface area contributed by atoms with Crippen LogP contribution in [0.3, 0.4) is 0 Å². The van der Waals surface area contributed by atoms with Gasteiger partial charge in [-0.2, -0.15) is 0 Å². The maximum Gasteiger partial charge on any atom is 0.0462 e. The van der Waals surface area contributed by atoms with E-state index in [1.165, 1.54) is 0 Å². The van der Waals surface area contributed by atoms with Gasteiger partial charge in [0.15, 0.2) is 0 Å². The number of allylic oxidation sites excluding steroid dienone is 1. The highest BCUT2D eigenvalue weighted by atomic mass is 16.3. The predicted octanol–water partition coefficient (Wildman–Crippen LogP) is 1.30. The minimum atomic E-state index is 0.274. The normalized spacial score (nSPS) is 12.9. The highest BCUT2D eigenvalue weighted by Crippen LogP contribution is 2.11. The molecule has 11 heavy (non-hydrogen) atoms. The zero-order valence-electron chi connectivity index (χ0n) is 7.13. The first kappa shape index (κ1) is 10.7. The summed E-state index contributed by atoms with van der Waals surface area (Å²) in [4.78, 5) is 0. The number of hydrogen-bond donors (Lipinski definition) is 2. The van der Waals surface area contributed by atoms with E-state index in [2.05, 4.69) is 6.58 Å². The molecule has 0 rings (SSSR count). The fraction of sp³-hybridized carbons (Fsp3) is 0.778. The molecule has 0 saturated carbocycles. The van der Waals surface area contributed by atoms with E-state index >= 15 is 0 Å². The number of nitrogens with two attached hydrogens (primary N) is 1. The lowest BCUT2D eigenvalue weighted by Crippen LogP contribution is -2.06. The minimum absolute atomic E-state index is 0.274. The van der Waals surface area contributed by atoms with E-state index in [0.717, 1.165) is 32.2 Å². The monoisotopic (exact) mass is 157 g/mol. The number of aliphatic hydroxyl groups excluding tert-OH is 1. The van der Waals surface area contributed by atoms with Gasteiger partial charge in [0.25, 0.3) is 0 Å². The quantitative estimate of drug-likeness (QED) is 0.432. The van der Waals surface area contributed by atoms with Crippen molar-refractivity contribution in [3.63, 3.8) is 0 Å². The Kier molecular flexibility index (Phi) is 7.52. The maximum absolute atomic E-state index is 8.88. The van der Waals surface area contributed by atoms with Gasteiger partial charge in [-0.3, -0.25) is 0 Å². The van der Waals surface area contributed by atoms with Crippen LogP contribution in [0.1, 0.15) is 25.7 Å². The summed E-state index contributed by atoms with van der Waals surface area (Å²) in [6.07, 6.45) is 6.04. The molecule has 0 aromatic heterocycles. The van der Waals surface area contributed by atoms with Crippen molar-refractivity contribution in [1.29, 1.82) is 0 Å². The number of aliphatic hydroxyl groups is 1. The SMILES string of the molecule is C=CCC(CO)CCCCN. The zero-order chi connectivity index (χ0) is 8.53. The lowest BCUT2D eigenvalue weighted by Gasteiger charge is -2.10. The molecule has 3 N–H and O–H groups in total. The van der Waals surface area contributed by atoms with E-state index < -0.39 is 0 Å². The smallest absolute Gasteiger partial charge is 0.0462 e. The average molecular weight is 157 g/mol. The van der Waals surface area contributed by atoms with Crippen molar-refractivity contribution in [2.45, 2.75) is 25.7 Å².